The molecule has 0 amide bonds. The molecule has 4 rings (SSSR count). The SMILES string of the molecule is O=C(O)c1nc(N2C[C@H]3CC(c4ccccc4C(F)(F)F)C[C@H]3C2)ncc1F. The van der Waals surface area contributed by atoms with Gasteiger partial charge in [0.15, 0.2) is 11.5 Å². The van der Waals surface area contributed by atoms with Crippen LogP contribution < -0.4 is 4.90 Å². The Bertz CT molecular complexity index is 904. The second-order valence-electron chi connectivity index (χ2n) is 7.35. The van der Waals surface area contributed by atoms with Crippen LogP contribution in [0.3, 0.4) is 0 Å². The van der Waals surface area contributed by atoms with Crippen LogP contribution in [0.2, 0.25) is 0 Å². The second-order valence-corrected chi connectivity index (χ2v) is 7.35. The van der Waals surface area contributed by atoms with Gasteiger partial charge in [0.2, 0.25) is 5.95 Å². The zero-order valence-electron chi connectivity index (χ0n) is 14.7. The average molecular weight is 395 g/mol. The number of nitrogens with zero attached hydrogens (tertiary/aromatic N) is 3. The minimum atomic E-state index is -4.38. The maximum Gasteiger partial charge on any atom is 0.416 e. The number of hydrogen-bond acceptors (Lipinski definition) is 4. The van der Waals surface area contributed by atoms with Crippen LogP contribution in [0.5, 0.6) is 0 Å². The van der Waals surface area contributed by atoms with E-state index in [9.17, 15) is 22.4 Å². The fraction of sp³-hybridized carbons (Fsp3) is 0.421. The minimum Gasteiger partial charge on any atom is -0.476 e. The van der Waals surface area contributed by atoms with E-state index in [-0.39, 0.29) is 23.7 Å². The van der Waals surface area contributed by atoms with E-state index in [1.165, 1.54) is 6.07 Å². The number of carboxylic acids is 1. The molecule has 28 heavy (non-hydrogen) atoms. The first-order valence-electron chi connectivity index (χ1n) is 8.91. The summed E-state index contributed by atoms with van der Waals surface area (Å²) in [5.74, 6) is -2.18. The monoisotopic (exact) mass is 395 g/mol. The molecule has 3 atom stereocenters. The van der Waals surface area contributed by atoms with Gasteiger partial charge in [0.25, 0.3) is 0 Å². The third-order valence-electron chi connectivity index (χ3n) is 5.67. The van der Waals surface area contributed by atoms with Crippen LogP contribution in [0.25, 0.3) is 0 Å². The molecule has 1 saturated carbocycles. The van der Waals surface area contributed by atoms with Crippen molar-refractivity contribution < 1.29 is 27.5 Å². The quantitative estimate of drug-likeness (QED) is 0.797. The predicted octanol–water partition coefficient (Wildman–Crippen LogP) is 3.96. The Labute approximate surface area is 158 Å². The van der Waals surface area contributed by atoms with E-state index in [1.54, 1.807) is 17.0 Å². The molecule has 1 aromatic carbocycles. The third-order valence-corrected chi connectivity index (χ3v) is 5.67. The lowest BCUT2D eigenvalue weighted by Gasteiger charge is -2.21. The number of carboxylic acid groups (broad SMARTS) is 1. The van der Waals surface area contributed by atoms with Crippen molar-refractivity contribution in [1.29, 1.82) is 0 Å². The largest absolute Gasteiger partial charge is 0.476 e. The van der Waals surface area contributed by atoms with Gasteiger partial charge in [-0.2, -0.15) is 13.2 Å². The molecule has 2 fully saturated rings. The number of carbonyl (C=O) groups is 1. The van der Waals surface area contributed by atoms with Gasteiger partial charge in [0.1, 0.15) is 0 Å². The number of alkyl halides is 3. The third kappa shape index (κ3) is 3.29. The number of halogens is 4. The molecule has 2 aromatic rings. The fourth-order valence-corrected chi connectivity index (χ4v) is 4.49. The van der Waals surface area contributed by atoms with Crippen LogP contribution in [0.15, 0.2) is 30.5 Å². The summed E-state index contributed by atoms with van der Waals surface area (Å²) < 4.78 is 53.4. The van der Waals surface area contributed by atoms with Gasteiger partial charge < -0.3 is 10.0 Å². The highest BCUT2D eigenvalue weighted by Crippen LogP contribution is 2.49. The summed E-state index contributed by atoms with van der Waals surface area (Å²) >= 11 is 0. The van der Waals surface area contributed by atoms with E-state index in [2.05, 4.69) is 9.97 Å². The molecule has 0 radical (unpaired) electrons. The molecule has 2 heterocycles. The van der Waals surface area contributed by atoms with Crippen molar-refractivity contribution in [2.75, 3.05) is 18.0 Å². The molecule has 148 valence electrons. The van der Waals surface area contributed by atoms with Crippen LogP contribution in [-0.2, 0) is 6.18 Å². The van der Waals surface area contributed by atoms with E-state index in [0.29, 0.717) is 31.5 Å². The van der Waals surface area contributed by atoms with E-state index in [1.807, 2.05) is 0 Å². The van der Waals surface area contributed by atoms with Crippen molar-refractivity contribution in [3.05, 3.63) is 53.1 Å². The first kappa shape index (κ1) is 18.6. The smallest absolute Gasteiger partial charge is 0.416 e. The van der Waals surface area contributed by atoms with Gasteiger partial charge in [-0.1, -0.05) is 18.2 Å². The molecule has 2 aliphatic rings. The number of rotatable bonds is 3. The Morgan fingerprint density at radius 2 is 1.79 bits per heavy atom. The predicted molar refractivity (Wildman–Crippen MR) is 91.6 cm³/mol. The first-order valence-corrected chi connectivity index (χ1v) is 8.91. The Morgan fingerprint density at radius 3 is 2.39 bits per heavy atom. The van der Waals surface area contributed by atoms with Crippen molar-refractivity contribution in [3.8, 4) is 0 Å². The number of fused-ring (bicyclic) bond motifs is 1. The van der Waals surface area contributed by atoms with E-state index >= 15 is 0 Å². The molecule has 0 spiro atoms. The van der Waals surface area contributed by atoms with Gasteiger partial charge in [0, 0.05) is 13.1 Å². The molecule has 0 bridgehead atoms. The van der Waals surface area contributed by atoms with Crippen LogP contribution in [0.1, 0.15) is 40.4 Å². The van der Waals surface area contributed by atoms with Crippen molar-refractivity contribution >= 4 is 11.9 Å². The summed E-state index contributed by atoms with van der Waals surface area (Å²) in [6.07, 6.45) is -2.32. The maximum absolute atomic E-state index is 13.5. The van der Waals surface area contributed by atoms with Gasteiger partial charge in [0.05, 0.1) is 11.8 Å². The summed E-state index contributed by atoms with van der Waals surface area (Å²) in [5.41, 5.74) is -0.925. The Kier molecular flexibility index (Phi) is 4.47. The highest BCUT2D eigenvalue weighted by Gasteiger charge is 2.44. The fourth-order valence-electron chi connectivity index (χ4n) is 4.49. The van der Waals surface area contributed by atoms with Gasteiger partial charge in [-0.25, -0.2) is 19.2 Å². The van der Waals surface area contributed by atoms with Crippen molar-refractivity contribution in [1.82, 2.24) is 9.97 Å². The lowest BCUT2D eigenvalue weighted by atomic mass is 9.91. The summed E-state index contributed by atoms with van der Waals surface area (Å²) in [6, 6.07) is 5.70. The number of aromatic carboxylic acids is 1. The molecule has 5 nitrogen and oxygen atoms in total. The summed E-state index contributed by atoms with van der Waals surface area (Å²) in [5, 5.41) is 9.01. The number of anilines is 1. The van der Waals surface area contributed by atoms with Crippen LogP contribution in [0.4, 0.5) is 23.5 Å². The summed E-state index contributed by atoms with van der Waals surface area (Å²) in [6.45, 7) is 1.03. The zero-order chi connectivity index (χ0) is 20.1. The van der Waals surface area contributed by atoms with Crippen LogP contribution in [-0.4, -0.2) is 34.1 Å². The maximum atomic E-state index is 13.5. The van der Waals surface area contributed by atoms with Crippen molar-refractivity contribution in [3.63, 3.8) is 0 Å². The van der Waals surface area contributed by atoms with E-state index < -0.39 is 29.2 Å². The Morgan fingerprint density at radius 1 is 1.14 bits per heavy atom. The molecular weight excluding hydrogens is 378 g/mol. The van der Waals surface area contributed by atoms with Gasteiger partial charge in [-0.05, 0) is 42.2 Å². The molecule has 9 heteroatoms. The topological polar surface area (TPSA) is 66.3 Å². The Balaban J connectivity index is 1.51. The zero-order valence-corrected chi connectivity index (χ0v) is 14.7. The highest BCUT2D eigenvalue weighted by atomic mass is 19.4. The second kappa shape index (κ2) is 6.72. The molecule has 1 N–H and O–H groups in total. The van der Waals surface area contributed by atoms with Gasteiger partial charge in [-0.3, -0.25) is 0 Å². The standard InChI is InChI=1S/C19H17F4N3O2/c20-15-7-24-18(25-16(15)17(27)28)26-8-11-5-10(6-12(11)9-26)13-3-1-2-4-14(13)19(21,22)23/h1-4,7,10-12H,5-6,8-9H2,(H,27,28)/t10?,11-,12+. The van der Waals surface area contributed by atoms with E-state index in [4.69, 9.17) is 5.11 Å². The summed E-state index contributed by atoms with van der Waals surface area (Å²) in [7, 11) is 0. The van der Waals surface area contributed by atoms with Crippen molar-refractivity contribution in [2.45, 2.75) is 24.9 Å². The van der Waals surface area contributed by atoms with Gasteiger partial charge in [-0.15, -0.1) is 0 Å². The van der Waals surface area contributed by atoms with Crippen LogP contribution >= 0.6 is 0 Å². The number of hydrogen-bond donors (Lipinski definition) is 1. The summed E-state index contributed by atoms with van der Waals surface area (Å²) in [4.78, 5) is 20.5. The molecule has 1 unspecified atom stereocenters. The molecule has 1 saturated heterocycles. The molecule has 1 aliphatic carbocycles. The molecule has 1 aromatic heterocycles. The first-order chi connectivity index (χ1) is 13.2. The lowest BCUT2D eigenvalue weighted by molar-refractivity contribution is -0.138. The minimum absolute atomic E-state index is 0.139. The van der Waals surface area contributed by atoms with Crippen molar-refractivity contribution in [2.24, 2.45) is 11.8 Å². The van der Waals surface area contributed by atoms with E-state index in [0.717, 1.165) is 12.3 Å². The number of benzene rings is 1. The average Bonchev–Trinajstić information content (AvgIpc) is 3.20. The molecular formula is C19H17F4N3O2. The highest BCUT2D eigenvalue weighted by molar-refractivity contribution is 5.85. The normalized spacial score (nSPS) is 24.4. The lowest BCUT2D eigenvalue weighted by Crippen LogP contribution is -2.25. The van der Waals surface area contributed by atoms with Crippen LogP contribution in [0, 0.1) is 17.7 Å². The molecule has 1 aliphatic heterocycles. The Hall–Kier alpha value is -2.71. The number of aromatic nitrogens is 2. The van der Waals surface area contributed by atoms with Gasteiger partial charge >= 0.3 is 12.1 Å².